The van der Waals surface area contributed by atoms with E-state index in [1.807, 2.05) is 24.3 Å². The Hall–Kier alpha value is -2.47. The lowest BCUT2D eigenvalue weighted by atomic mass is 10.2. The number of nitrogens with one attached hydrogen (secondary N) is 1. The number of amides is 1. The third kappa shape index (κ3) is 4.29. The smallest absolute Gasteiger partial charge is 0.220 e. The number of carbonyl (C=O) groups is 1. The van der Waals surface area contributed by atoms with Gasteiger partial charge >= 0.3 is 0 Å². The fraction of sp³-hybridized carbons (Fsp3) is 0.278. The lowest BCUT2D eigenvalue weighted by molar-refractivity contribution is -0.121. The van der Waals surface area contributed by atoms with Crippen molar-refractivity contribution in [3.8, 4) is 5.88 Å². The summed E-state index contributed by atoms with van der Waals surface area (Å²) in [7, 11) is 1.58. The van der Waals surface area contributed by atoms with Crippen LogP contribution in [-0.4, -0.2) is 23.0 Å². The molecule has 0 aliphatic rings. The number of fused-ring (bicyclic) bond motifs is 1. The number of carbonyl (C=O) groups excluding carboxylic acids is 1. The number of aryl methyl sites for hydroxylation is 1. The van der Waals surface area contributed by atoms with Crippen LogP contribution < -0.4 is 10.1 Å². The Morgan fingerprint density at radius 3 is 2.88 bits per heavy atom. The van der Waals surface area contributed by atoms with E-state index in [4.69, 9.17) is 4.74 Å². The van der Waals surface area contributed by atoms with Crippen LogP contribution in [0, 0.1) is 0 Å². The molecule has 1 aromatic carbocycles. The zero-order chi connectivity index (χ0) is 16.8. The molecule has 0 saturated carbocycles. The minimum atomic E-state index is 0.0481. The highest BCUT2D eigenvalue weighted by Gasteiger charge is 2.06. The summed E-state index contributed by atoms with van der Waals surface area (Å²) in [6.07, 6.45) is 3.84. The van der Waals surface area contributed by atoms with Crippen LogP contribution >= 0.6 is 11.3 Å². The van der Waals surface area contributed by atoms with Gasteiger partial charge in [-0.25, -0.2) is 9.97 Å². The minimum absolute atomic E-state index is 0.0481. The van der Waals surface area contributed by atoms with Gasteiger partial charge in [0.2, 0.25) is 11.8 Å². The molecule has 0 spiro atoms. The molecule has 0 aliphatic carbocycles. The van der Waals surface area contributed by atoms with Crippen molar-refractivity contribution >= 4 is 27.5 Å². The van der Waals surface area contributed by atoms with Gasteiger partial charge in [-0.05, 0) is 30.5 Å². The molecule has 0 atom stereocenters. The number of nitrogens with zero attached hydrogens (tertiary/aromatic N) is 2. The Bertz CT molecular complexity index is 782. The van der Waals surface area contributed by atoms with Crippen LogP contribution in [0.3, 0.4) is 0 Å². The van der Waals surface area contributed by atoms with E-state index >= 15 is 0 Å². The summed E-state index contributed by atoms with van der Waals surface area (Å²) in [6.45, 7) is 0.483. The van der Waals surface area contributed by atoms with Gasteiger partial charge in [-0.3, -0.25) is 4.79 Å². The molecule has 0 radical (unpaired) electrons. The number of benzene rings is 1. The number of pyridine rings is 1. The van der Waals surface area contributed by atoms with Gasteiger partial charge in [0.1, 0.15) is 0 Å². The highest BCUT2D eigenvalue weighted by molar-refractivity contribution is 7.18. The average Bonchev–Trinajstić information content (AvgIpc) is 3.03. The summed E-state index contributed by atoms with van der Waals surface area (Å²) in [4.78, 5) is 20.6. The molecule has 0 aliphatic heterocycles. The van der Waals surface area contributed by atoms with Crippen molar-refractivity contribution in [2.75, 3.05) is 7.11 Å². The van der Waals surface area contributed by atoms with E-state index in [0.717, 1.165) is 28.9 Å². The van der Waals surface area contributed by atoms with Gasteiger partial charge in [0.15, 0.2) is 0 Å². The molecule has 124 valence electrons. The van der Waals surface area contributed by atoms with Crippen molar-refractivity contribution in [3.63, 3.8) is 0 Å². The lowest BCUT2D eigenvalue weighted by Crippen LogP contribution is -2.22. The predicted octanol–water partition coefficient (Wildman–Crippen LogP) is 3.34. The van der Waals surface area contributed by atoms with Crippen LogP contribution in [0.1, 0.15) is 23.4 Å². The van der Waals surface area contributed by atoms with Crippen LogP contribution in [0.15, 0.2) is 42.6 Å². The molecular weight excluding hydrogens is 322 g/mol. The monoisotopic (exact) mass is 341 g/mol. The molecule has 3 rings (SSSR count). The number of hydrogen-bond acceptors (Lipinski definition) is 5. The Kier molecular flexibility index (Phi) is 5.38. The molecule has 6 heteroatoms. The van der Waals surface area contributed by atoms with Crippen LogP contribution in [0.2, 0.25) is 0 Å². The Balaban J connectivity index is 1.41. The molecule has 1 amide bonds. The quantitative estimate of drug-likeness (QED) is 0.716. The number of aromatic nitrogens is 2. The predicted molar refractivity (Wildman–Crippen MR) is 95.2 cm³/mol. The summed E-state index contributed by atoms with van der Waals surface area (Å²) >= 11 is 1.70. The van der Waals surface area contributed by atoms with Crippen molar-refractivity contribution < 1.29 is 9.53 Å². The Labute approximate surface area is 144 Å². The van der Waals surface area contributed by atoms with Crippen molar-refractivity contribution in [3.05, 3.63) is 53.2 Å². The molecule has 2 aromatic heterocycles. The molecule has 0 fully saturated rings. The SMILES string of the molecule is COc1ccc(CNC(=O)CCCc2nc3ccccc3s2)cn1. The first-order valence-electron chi connectivity index (χ1n) is 7.84. The van der Waals surface area contributed by atoms with Gasteiger partial charge in [0, 0.05) is 25.2 Å². The zero-order valence-corrected chi connectivity index (χ0v) is 14.3. The van der Waals surface area contributed by atoms with E-state index in [1.165, 1.54) is 4.70 Å². The van der Waals surface area contributed by atoms with Gasteiger partial charge in [0.25, 0.3) is 0 Å². The molecule has 3 aromatic rings. The fourth-order valence-electron chi connectivity index (χ4n) is 2.35. The second kappa shape index (κ2) is 7.88. The molecule has 0 saturated heterocycles. The molecule has 0 unspecified atom stereocenters. The maximum atomic E-state index is 11.9. The van der Waals surface area contributed by atoms with Crippen molar-refractivity contribution in [2.45, 2.75) is 25.8 Å². The largest absolute Gasteiger partial charge is 0.481 e. The van der Waals surface area contributed by atoms with Gasteiger partial charge in [-0.1, -0.05) is 18.2 Å². The topological polar surface area (TPSA) is 64.1 Å². The number of methoxy groups -OCH3 is 1. The lowest BCUT2D eigenvalue weighted by Gasteiger charge is -2.05. The first-order valence-corrected chi connectivity index (χ1v) is 8.66. The highest BCUT2D eigenvalue weighted by Crippen LogP contribution is 2.22. The first-order chi connectivity index (χ1) is 11.7. The molecule has 1 N–H and O–H groups in total. The third-order valence-corrected chi connectivity index (χ3v) is 4.73. The molecular formula is C18H19N3O2S. The van der Waals surface area contributed by atoms with E-state index in [0.29, 0.717) is 18.8 Å². The summed E-state index contributed by atoms with van der Waals surface area (Å²) < 4.78 is 6.21. The van der Waals surface area contributed by atoms with Crippen molar-refractivity contribution in [2.24, 2.45) is 0 Å². The second-order valence-corrected chi connectivity index (χ2v) is 6.53. The van der Waals surface area contributed by atoms with Crippen LogP contribution in [0.4, 0.5) is 0 Å². The van der Waals surface area contributed by atoms with Gasteiger partial charge in [-0.15, -0.1) is 11.3 Å². The maximum absolute atomic E-state index is 11.9. The Morgan fingerprint density at radius 1 is 1.25 bits per heavy atom. The summed E-state index contributed by atoms with van der Waals surface area (Å²) in [5, 5.41) is 4.00. The normalized spacial score (nSPS) is 10.7. The van der Waals surface area contributed by atoms with Crippen molar-refractivity contribution in [1.82, 2.24) is 15.3 Å². The summed E-state index contributed by atoms with van der Waals surface area (Å²) in [6, 6.07) is 11.8. The average molecular weight is 341 g/mol. The summed E-state index contributed by atoms with van der Waals surface area (Å²) in [5.41, 5.74) is 1.99. The van der Waals surface area contributed by atoms with Crippen LogP contribution in [0.25, 0.3) is 10.2 Å². The molecule has 24 heavy (non-hydrogen) atoms. The molecule has 5 nitrogen and oxygen atoms in total. The number of thiazole rings is 1. The highest BCUT2D eigenvalue weighted by atomic mass is 32.1. The van der Waals surface area contributed by atoms with Gasteiger partial charge in [0.05, 0.1) is 22.3 Å². The molecule has 0 bridgehead atoms. The van der Waals surface area contributed by atoms with Gasteiger partial charge in [-0.2, -0.15) is 0 Å². The van der Waals surface area contributed by atoms with E-state index in [-0.39, 0.29) is 5.91 Å². The first kappa shape index (κ1) is 16.4. The second-order valence-electron chi connectivity index (χ2n) is 5.41. The summed E-state index contributed by atoms with van der Waals surface area (Å²) in [5.74, 6) is 0.618. The fourth-order valence-corrected chi connectivity index (χ4v) is 3.36. The van der Waals surface area contributed by atoms with Crippen LogP contribution in [0.5, 0.6) is 5.88 Å². The number of ether oxygens (including phenoxy) is 1. The Morgan fingerprint density at radius 2 is 2.12 bits per heavy atom. The number of rotatable bonds is 7. The number of hydrogen-bond donors (Lipinski definition) is 1. The van der Waals surface area contributed by atoms with Gasteiger partial charge < -0.3 is 10.1 Å². The molecule has 2 heterocycles. The third-order valence-electron chi connectivity index (χ3n) is 3.63. The van der Waals surface area contributed by atoms with E-state index in [2.05, 4.69) is 21.4 Å². The minimum Gasteiger partial charge on any atom is -0.481 e. The maximum Gasteiger partial charge on any atom is 0.220 e. The van der Waals surface area contributed by atoms with E-state index in [1.54, 1.807) is 30.7 Å². The van der Waals surface area contributed by atoms with Crippen LogP contribution in [-0.2, 0) is 17.8 Å². The van der Waals surface area contributed by atoms with Crippen molar-refractivity contribution in [1.29, 1.82) is 0 Å². The van der Waals surface area contributed by atoms with E-state index < -0.39 is 0 Å². The standard InChI is InChI=1S/C18H19N3O2S/c1-23-17-10-9-13(12-20-17)11-19-16(22)7-4-8-18-21-14-5-2-3-6-15(14)24-18/h2-3,5-6,9-10,12H,4,7-8,11H2,1H3,(H,19,22). The zero-order valence-electron chi connectivity index (χ0n) is 13.5. The number of para-hydroxylation sites is 1. The van der Waals surface area contributed by atoms with E-state index in [9.17, 15) is 4.79 Å².